The van der Waals surface area contributed by atoms with Gasteiger partial charge in [0.25, 0.3) is 0 Å². The van der Waals surface area contributed by atoms with E-state index in [-0.39, 0.29) is 56.6 Å². The number of nitrogens with zero attached hydrogens (tertiary/aromatic N) is 2. The Morgan fingerprint density at radius 2 is 1.40 bits per heavy atom. The quantitative estimate of drug-likeness (QED) is 0.0236. The van der Waals surface area contributed by atoms with Gasteiger partial charge in [-0.25, -0.2) is 4.79 Å². The van der Waals surface area contributed by atoms with Crippen molar-refractivity contribution in [2.24, 2.45) is 28.1 Å². The van der Waals surface area contributed by atoms with Crippen molar-refractivity contribution in [2.45, 2.75) is 89.0 Å². The van der Waals surface area contributed by atoms with E-state index in [1.54, 1.807) is 6.26 Å². The number of carbonyl (C=O) groups is 9. The fraction of sp³-hybridized carbons (Fsp3) is 0.688. The van der Waals surface area contributed by atoms with Crippen LogP contribution in [0.15, 0.2) is 4.99 Å². The van der Waals surface area contributed by atoms with Crippen molar-refractivity contribution < 1.29 is 53.4 Å². The third-order valence-electron chi connectivity index (χ3n) is 8.09. The van der Waals surface area contributed by atoms with E-state index in [1.165, 1.54) is 16.7 Å². The lowest BCUT2D eigenvalue weighted by Crippen LogP contribution is -2.57. The molecule has 0 spiro atoms. The smallest absolute Gasteiger partial charge is 0.326 e. The first kappa shape index (κ1) is 47.8. The highest BCUT2D eigenvalue weighted by Gasteiger charge is 2.36. The molecule has 0 aromatic heterocycles. The molecule has 310 valence electrons. The molecule has 0 radical (unpaired) electrons. The molecule has 0 aliphatic carbocycles. The number of nitrogens with one attached hydrogen (secondary N) is 6. The summed E-state index contributed by atoms with van der Waals surface area (Å²) in [6.07, 6.45) is 2.37. The van der Waals surface area contributed by atoms with E-state index in [4.69, 9.17) is 27.4 Å². The van der Waals surface area contributed by atoms with Gasteiger partial charge in [-0.05, 0) is 56.5 Å². The molecule has 14 N–H and O–H groups in total. The Balaban J connectivity index is 2.99. The summed E-state index contributed by atoms with van der Waals surface area (Å²) in [6.45, 7) is 2.55. The molecular formula is C32H55N11O11S. The molecule has 7 amide bonds. The van der Waals surface area contributed by atoms with Crippen molar-refractivity contribution in [3.05, 3.63) is 0 Å². The number of likely N-dealkylation sites (tertiary alicyclic amines) is 1. The summed E-state index contributed by atoms with van der Waals surface area (Å²) >= 11 is 1.37. The van der Waals surface area contributed by atoms with Gasteiger partial charge in [0, 0.05) is 13.1 Å². The van der Waals surface area contributed by atoms with Gasteiger partial charge in [-0.1, -0.05) is 13.8 Å². The number of carboxylic acids is 2. The first-order chi connectivity index (χ1) is 25.9. The molecule has 0 unspecified atom stereocenters. The number of aliphatic imine (C=N–C) groups is 1. The first-order valence-corrected chi connectivity index (χ1v) is 19.0. The van der Waals surface area contributed by atoms with Crippen LogP contribution in [0.5, 0.6) is 0 Å². The van der Waals surface area contributed by atoms with Crippen molar-refractivity contribution in [2.75, 3.05) is 44.7 Å². The molecule has 1 heterocycles. The van der Waals surface area contributed by atoms with Crippen LogP contribution in [0.1, 0.15) is 58.8 Å². The summed E-state index contributed by atoms with van der Waals surface area (Å²) < 4.78 is 0. The highest BCUT2D eigenvalue weighted by Crippen LogP contribution is 2.18. The Morgan fingerprint density at radius 3 is 1.93 bits per heavy atom. The fourth-order valence-corrected chi connectivity index (χ4v) is 5.89. The predicted molar refractivity (Wildman–Crippen MR) is 200 cm³/mol. The highest BCUT2D eigenvalue weighted by molar-refractivity contribution is 7.98. The fourth-order valence-electron chi connectivity index (χ4n) is 5.42. The largest absolute Gasteiger partial charge is 0.481 e. The second-order valence-corrected chi connectivity index (χ2v) is 14.0. The first-order valence-electron chi connectivity index (χ1n) is 17.6. The van der Waals surface area contributed by atoms with Crippen LogP contribution in [0, 0.1) is 5.92 Å². The zero-order valence-electron chi connectivity index (χ0n) is 31.3. The van der Waals surface area contributed by atoms with Gasteiger partial charge >= 0.3 is 11.9 Å². The topological polar surface area (TPSA) is 360 Å². The second kappa shape index (κ2) is 25.0. The molecular weight excluding hydrogens is 746 g/mol. The number of aliphatic carboxylic acids is 2. The van der Waals surface area contributed by atoms with Crippen molar-refractivity contribution in [1.29, 1.82) is 0 Å². The molecule has 23 heteroatoms. The van der Waals surface area contributed by atoms with E-state index >= 15 is 0 Å². The number of amides is 7. The van der Waals surface area contributed by atoms with Crippen LogP contribution in [0.25, 0.3) is 0 Å². The van der Waals surface area contributed by atoms with Gasteiger partial charge in [0.2, 0.25) is 41.4 Å². The number of guanidine groups is 1. The maximum atomic E-state index is 13.5. The summed E-state index contributed by atoms with van der Waals surface area (Å²) in [5.74, 6) is -7.85. The van der Waals surface area contributed by atoms with E-state index < -0.39 is 97.1 Å². The summed E-state index contributed by atoms with van der Waals surface area (Å²) in [5, 5.41) is 32.6. The van der Waals surface area contributed by atoms with Crippen molar-refractivity contribution >= 4 is 71.0 Å². The maximum absolute atomic E-state index is 13.5. The molecule has 22 nitrogen and oxygen atoms in total. The second-order valence-electron chi connectivity index (χ2n) is 13.0. The van der Waals surface area contributed by atoms with Crippen molar-refractivity contribution in [3.8, 4) is 0 Å². The van der Waals surface area contributed by atoms with E-state index in [2.05, 4.69) is 31.6 Å². The van der Waals surface area contributed by atoms with Gasteiger partial charge in [-0.15, -0.1) is 0 Å². The zero-order valence-corrected chi connectivity index (χ0v) is 32.1. The number of hydrogen-bond acceptors (Lipinski definition) is 12. The average molecular weight is 802 g/mol. The van der Waals surface area contributed by atoms with E-state index in [1.807, 2.05) is 19.2 Å². The van der Waals surface area contributed by atoms with Gasteiger partial charge < -0.3 is 64.2 Å². The Kier molecular flexibility index (Phi) is 21.7. The minimum Gasteiger partial charge on any atom is -0.481 e. The molecule has 1 aliphatic heterocycles. The lowest BCUT2D eigenvalue weighted by Gasteiger charge is -2.27. The number of nitrogens with two attached hydrogens (primary N) is 3. The third kappa shape index (κ3) is 18.6. The number of rotatable bonds is 25. The normalized spacial score (nSPS) is 15.7. The number of hydrogen-bond donors (Lipinski definition) is 11. The van der Waals surface area contributed by atoms with Gasteiger partial charge in [-0.3, -0.25) is 43.3 Å². The summed E-state index contributed by atoms with van der Waals surface area (Å²) in [7, 11) is 0. The molecule has 0 bridgehead atoms. The molecule has 1 fully saturated rings. The highest BCUT2D eigenvalue weighted by atomic mass is 32.2. The van der Waals surface area contributed by atoms with Gasteiger partial charge in [0.15, 0.2) is 5.96 Å². The number of carbonyl (C=O) groups excluding carboxylic acids is 7. The summed E-state index contributed by atoms with van der Waals surface area (Å²) in [4.78, 5) is 118. The maximum Gasteiger partial charge on any atom is 0.326 e. The third-order valence-corrected chi connectivity index (χ3v) is 8.73. The Hall–Kier alpha value is -5.19. The standard InChI is InChI=1S/C32H55N11O11S/c1-17(2)12-20(42-30(52)22-7-5-10-43(22)25(46)14-33)28(50)38-15-23(44)39-19(8-11-55-3)29(51)41-18(6-4-9-36-32(34)35)27(49)37-16-24(45)40-21(31(53)54)13-26(47)48/h17-22H,4-16,33H2,1-3H3,(H,37,49)(H,38,50)(H,39,44)(H,40,45)(H,41,51)(H,42,52)(H,47,48)(H,53,54)(H4,34,35,36)/t18-,19-,20-,21-,22-/m0/s1. The van der Waals surface area contributed by atoms with Crippen LogP contribution in [-0.4, -0.2) is 149 Å². The van der Waals surface area contributed by atoms with E-state index in [0.29, 0.717) is 25.1 Å². The minimum absolute atomic E-state index is 0.0338. The van der Waals surface area contributed by atoms with Crippen LogP contribution in [0.4, 0.5) is 0 Å². The van der Waals surface area contributed by atoms with E-state index in [0.717, 1.165) is 0 Å². The molecule has 55 heavy (non-hydrogen) atoms. The molecule has 0 aromatic carbocycles. The number of thioether (sulfide) groups is 1. The van der Waals surface area contributed by atoms with Crippen LogP contribution in [-0.2, 0) is 43.2 Å². The molecule has 0 aromatic rings. The van der Waals surface area contributed by atoms with Crippen LogP contribution >= 0.6 is 11.8 Å². The lowest BCUT2D eigenvalue weighted by molar-refractivity contribution is -0.147. The average Bonchev–Trinajstić information content (AvgIpc) is 3.61. The minimum atomic E-state index is -1.75. The van der Waals surface area contributed by atoms with E-state index in [9.17, 15) is 43.2 Å². The molecule has 0 saturated carbocycles. The summed E-state index contributed by atoms with van der Waals surface area (Å²) in [6, 6.07) is -6.02. The SMILES string of the molecule is CSCC[C@H](NC(=O)CNC(=O)[C@H](CC(C)C)NC(=O)[C@@H]1CCCN1C(=O)CN)C(=O)N[C@@H](CCCN=C(N)N)C(=O)NCC(=O)N[C@@H](CC(=O)O)C(=O)O. The molecule has 1 aliphatic rings. The van der Waals surface area contributed by atoms with Gasteiger partial charge in [-0.2, -0.15) is 11.8 Å². The predicted octanol–water partition coefficient (Wildman–Crippen LogP) is -4.48. The monoisotopic (exact) mass is 801 g/mol. The van der Waals surface area contributed by atoms with Crippen LogP contribution < -0.4 is 49.1 Å². The van der Waals surface area contributed by atoms with Gasteiger partial charge in [0.05, 0.1) is 26.1 Å². The number of carboxylic acid groups (broad SMARTS) is 2. The Labute approximate surface area is 322 Å². The van der Waals surface area contributed by atoms with Crippen molar-refractivity contribution in [1.82, 2.24) is 36.8 Å². The Morgan fingerprint density at radius 1 is 0.818 bits per heavy atom. The molecule has 1 saturated heterocycles. The van der Waals surface area contributed by atoms with Crippen molar-refractivity contribution in [3.63, 3.8) is 0 Å². The molecule has 1 rings (SSSR count). The summed E-state index contributed by atoms with van der Waals surface area (Å²) in [5.41, 5.74) is 16.2. The van der Waals surface area contributed by atoms with Crippen LogP contribution in [0.3, 0.4) is 0 Å². The molecule has 5 atom stereocenters. The van der Waals surface area contributed by atoms with Gasteiger partial charge in [0.1, 0.15) is 30.2 Å². The Bertz CT molecular complexity index is 1410. The van der Waals surface area contributed by atoms with Crippen LogP contribution in [0.2, 0.25) is 0 Å². The lowest BCUT2D eigenvalue weighted by atomic mass is 10.0. The zero-order chi connectivity index (χ0) is 41.7.